The van der Waals surface area contributed by atoms with E-state index in [2.05, 4.69) is 52.0 Å². The summed E-state index contributed by atoms with van der Waals surface area (Å²) in [5.41, 5.74) is 4.85. The Bertz CT molecular complexity index is 1090. The van der Waals surface area contributed by atoms with Gasteiger partial charge in [0.15, 0.2) is 5.78 Å². The summed E-state index contributed by atoms with van der Waals surface area (Å²) in [5, 5.41) is 10.7. The van der Waals surface area contributed by atoms with Crippen LogP contribution >= 0.6 is 0 Å². The van der Waals surface area contributed by atoms with Crippen LogP contribution in [0.3, 0.4) is 0 Å². The van der Waals surface area contributed by atoms with Crippen molar-refractivity contribution in [1.82, 2.24) is 0 Å². The number of ketones is 1. The minimum absolute atomic E-state index is 0.0908. The SMILES string of the molecule is CCc1cc2c(cc1O)/C(C)=C/C=C/[C@H](C)C/C(C)=C/C[C@@H]1C[C@H](CC2=O)C[C@]2(CC[C@H](C)[C@@H](CC)O2)C1. The number of allylic oxidation sites excluding steroid dienone is 6. The number of fused-ring (bicyclic) bond motifs is 3. The summed E-state index contributed by atoms with van der Waals surface area (Å²) in [5.74, 6) is 2.41. The van der Waals surface area contributed by atoms with Gasteiger partial charge in [0, 0.05) is 12.0 Å². The van der Waals surface area contributed by atoms with E-state index in [9.17, 15) is 9.90 Å². The van der Waals surface area contributed by atoms with Gasteiger partial charge in [0.1, 0.15) is 5.75 Å². The molecule has 2 bridgehead atoms. The number of aromatic hydroxyl groups is 1. The molecule has 1 aromatic rings. The number of rotatable bonds is 2. The summed E-state index contributed by atoms with van der Waals surface area (Å²) in [4.78, 5) is 14.0. The highest BCUT2D eigenvalue weighted by Crippen LogP contribution is 2.49. The molecule has 38 heavy (non-hydrogen) atoms. The van der Waals surface area contributed by atoms with Crippen molar-refractivity contribution in [3.63, 3.8) is 0 Å². The molecule has 208 valence electrons. The zero-order valence-electron chi connectivity index (χ0n) is 24.7. The fourth-order valence-corrected chi connectivity index (χ4v) is 7.42. The first-order chi connectivity index (χ1) is 18.1. The maximum Gasteiger partial charge on any atom is 0.163 e. The molecule has 0 radical (unpaired) electrons. The van der Waals surface area contributed by atoms with E-state index in [-0.39, 0.29) is 17.1 Å². The summed E-state index contributed by atoms with van der Waals surface area (Å²) >= 11 is 0. The maximum atomic E-state index is 14.0. The fourth-order valence-electron chi connectivity index (χ4n) is 7.42. The first-order valence-corrected chi connectivity index (χ1v) is 15.2. The summed E-state index contributed by atoms with van der Waals surface area (Å²) in [6, 6.07) is 3.77. The molecule has 1 aromatic carbocycles. The molecule has 0 amide bonds. The molecule has 2 aliphatic carbocycles. The van der Waals surface area contributed by atoms with Crippen molar-refractivity contribution in [2.75, 3.05) is 0 Å². The molecule has 3 nitrogen and oxygen atoms in total. The quantitative estimate of drug-likeness (QED) is 0.397. The van der Waals surface area contributed by atoms with Crippen LogP contribution < -0.4 is 0 Å². The lowest BCUT2D eigenvalue weighted by atomic mass is 9.66. The number of hydrogen-bond acceptors (Lipinski definition) is 3. The number of Topliss-reactive ketones (excluding diaryl/α,β-unsaturated/α-hetero) is 1. The first-order valence-electron chi connectivity index (χ1n) is 15.2. The van der Waals surface area contributed by atoms with Gasteiger partial charge in [-0.05, 0) is 124 Å². The van der Waals surface area contributed by atoms with Crippen molar-refractivity contribution in [2.24, 2.45) is 23.7 Å². The molecular weight excluding hydrogens is 468 g/mol. The zero-order valence-corrected chi connectivity index (χ0v) is 24.7. The number of phenolic OH excluding ortho intramolecular Hbond substituents is 1. The minimum atomic E-state index is -0.0908. The van der Waals surface area contributed by atoms with E-state index >= 15 is 0 Å². The van der Waals surface area contributed by atoms with Gasteiger partial charge in [-0.15, -0.1) is 0 Å². The Morgan fingerprint density at radius 3 is 2.55 bits per heavy atom. The van der Waals surface area contributed by atoms with Gasteiger partial charge in [0.2, 0.25) is 0 Å². The zero-order chi connectivity index (χ0) is 27.4. The van der Waals surface area contributed by atoms with Crippen molar-refractivity contribution in [3.8, 4) is 5.75 Å². The van der Waals surface area contributed by atoms with Crippen LogP contribution in [0.25, 0.3) is 5.57 Å². The number of aryl methyl sites for hydroxylation is 1. The smallest absolute Gasteiger partial charge is 0.163 e. The van der Waals surface area contributed by atoms with Crippen LogP contribution in [0.5, 0.6) is 5.75 Å². The molecular formula is C35H50O3. The lowest BCUT2D eigenvalue weighted by Gasteiger charge is -2.50. The van der Waals surface area contributed by atoms with E-state index in [1.165, 1.54) is 12.0 Å². The van der Waals surface area contributed by atoms with Gasteiger partial charge in [-0.3, -0.25) is 4.79 Å². The molecule has 6 atom stereocenters. The molecule has 0 unspecified atom stereocenters. The third-order valence-corrected chi connectivity index (χ3v) is 9.51. The van der Waals surface area contributed by atoms with E-state index < -0.39 is 0 Å². The number of ether oxygens (including phenoxy) is 1. The second-order valence-electron chi connectivity index (χ2n) is 12.8. The van der Waals surface area contributed by atoms with Gasteiger partial charge in [0.25, 0.3) is 0 Å². The molecule has 2 fully saturated rings. The molecule has 1 saturated carbocycles. The van der Waals surface area contributed by atoms with Crippen LogP contribution in [0.15, 0.2) is 42.0 Å². The normalized spacial score (nSPS) is 36.6. The summed E-state index contributed by atoms with van der Waals surface area (Å²) in [7, 11) is 0. The Hall–Kier alpha value is -2.13. The molecule has 1 heterocycles. The van der Waals surface area contributed by atoms with Gasteiger partial charge < -0.3 is 9.84 Å². The monoisotopic (exact) mass is 518 g/mol. The number of phenols is 1. The van der Waals surface area contributed by atoms with E-state index in [1.54, 1.807) is 0 Å². The maximum absolute atomic E-state index is 14.0. The topological polar surface area (TPSA) is 46.5 Å². The Labute approximate surface area is 231 Å². The third kappa shape index (κ3) is 6.71. The van der Waals surface area contributed by atoms with Crippen LogP contribution in [0.2, 0.25) is 0 Å². The Balaban J connectivity index is 1.73. The van der Waals surface area contributed by atoms with Crippen molar-refractivity contribution in [1.29, 1.82) is 0 Å². The average Bonchev–Trinajstić information content (AvgIpc) is 2.88. The van der Waals surface area contributed by atoms with Gasteiger partial charge in [-0.2, -0.15) is 0 Å². The molecule has 1 N–H and O–H groups in total. The van der Waals surface area contributed by atoms with Gasteiger partial charge in [-0.1, -0.05) is 57.6 Å². The van der Waals surface area contributed by atoms with Crippen molar-refractivity contribution >= 4 is 11.4 Å². The van der Waals surface area contributed by atoms with Gasteiger partial charge >= 0.3 is 0 Å². The number of carbonyl (C=O) groups excluding carboxylic acids is 1. The summed E-state index contributed by atoms with van der Waals surface area (Å²) in [6.45, 7) is 13.2. The second-order valence-corrected chi connectivity index (χ2v) is 12.8. The average molecular weight is 519 g/mol. The molecule has 0 aromatic heterocycles. The Kier molecular flexibility index (Phi) is 9.40. The number of hydrogen-bond donors (Lipinski definition) is 1. The van der Waals surface area contributed by atoms with Gasteiger partial charge in [0.05, 0.1) is 11.7 Å². The predicted octanol–water partition coefficient (Wildman–Crippen LogP) is 9.24. The highest BCUT2D eigenvalue weighted by molar-refractivity contribution is 6.01. The van der Waals surface area contributed by atoms with Crippen LogP contribution in [-0.4, -0.2) is 22.6 Å². The Morgan fingerprint density at radius 1 is 1.05 bits per heavy atom. The fraction of sp³-hybridized carbons (Fsp3) is 0.629. The standard InChI is InChI=1S/C35H50O3/c1-7-29-19-31-30(20-32(29)36)25(5)11-9-10-23(3)16-24(4)12-13-27-17-28(18-33(31)37)22-35(21-27)15-14-26(6)34(8-2)38-35/h9-12,19-20,23,26-28,34,36H,7-8,13-18,21-22H2,1-6H3/b10-9+,24-12+,25-11+/t23-,26-,27+,28+,34+,35-/m0/s1. The molecule has 3 aliphatic rings. The molecule has 3 heteroatoms. The van der Waals surface area contributed by atoms with E-state index in [1.807, 2.05) is 26.0 Å². The first kappa shape index (κ1) is 28.9. The van der Waals surface area contributed by atoms with E-state index in [0.29, 0.717) is 42.6 Å². The largest absolute Gasteiger partial charge is 0.508 e. The van der Waals surface area contributed by atoms with Crippen LogP contribution in [0, 0.1) is 23.7 Å². The van der Waals surface area contributed by atoms with Crippen LogP contribution in [-0.2, 0) is 11.2 Å². The number of benzene rings is 1. The van der Waals surface area contributed by atoms with Crippen molar-refractivity contribution in [3.05, 3.63) is 58.7 Å². The molecule has 1 aliphatic heterocycles. The van der Waals surface area contributed by atoms with Crippen molar-refractivity contribution in [2.45, 2.75) is 117 Å². The van der Waals surface area contributed by atoms with Crippen LogP contribution in [0.1, 0.15) is 121 Å². The van der Waals surface area contributed by atoms with E-state index in [4.69, 9.17) is 4.74 Å². The summed E-state index contributed by atoms with van der Waals surface area (Å²) in [6.07, 6.45) is 19.2. The molecule has 4 rings (SSSR count). The van der Waals surface area contributed by atoms with E-state index in [0.717, 1.165) is 67.2 Å². The number of carbonyl (C=O) groups is 1. The second kappa shape index (κ2) is 12.4. The van der Waals surface area contributed by atoms with Crippen LogP contribution in [0.4, 0.5) is 0 Å². The highest BCUT2D eigenvalue weighted by atomic mass is 16.5. The Morgan fingerprint density at radius 2 is 1.82 bits per heavy atom. The lowest BCUT2D eigenvalue weighted by Crippen LogP contribution is -2.49. The van der Waals surface area contributed by atoms with Crippen molar-refractivity contribution < 1.29 is 14.6 Å². The predicted molar refractivity (Wildman–Crippen MR) is 159 cm³/mol. The highest BCUT2D eigenvalue weighted by Gasteiger charge is 2.46. The minimum Gasteiger partial charge on any atom is -0.508 e. The third-order valence-electron chi connectivity index (χ3n) is 9.51. The van der Waals surface area contributed by atoms with Gasteiger partial charge in [-0.25, -0.2) is 0 Å². The molecule has 1 saturated heterocycles. The molecule has 1 spiro atoms. The summed E-state index contributed by atoms with van der Waals surface area (Å²) < 4.78 is 6.95. The lowest BCUT2D eigenvalue weighted by molar-refractivity contribution is -0.181.